The molecule has 4 aromatic rings. The Hall–Kier alpha value is -4.34. The molecule has 0 spiro atoms. The first kappa shape index (κ1) is 39.4. The number of aliphatic hydroxyl groups is 2. The van der Waals surface area contributed by atoms with Gasteiger partial charge in [0, 0.05) is 12.8 Å². The Morgan fingerprint density at radius 3 is 1.22 bits per heavy atom. The lowest BCUT2D eigenvalue weighted by Crippen LogP contribution is -2.61. The van der Waals surface area contributed by atoms with Gasteiger partial charge in [0.05, 0.1) is 26.2 Å². The Morgan fingerprint density at radius 2 is 0.863 bits per heavy atom. The quantitative estimate of drug-likeness (QED) is 0.0845. The summed E-state index contributed by atoms with van der Waals surface area (Å²) in [4.78, 5) is 27.9. The van der Waals surface area contributed by atoms with Crippen LogP contribution in [0.2, 0.25) is 0 Å². The third-order valence-corrected chi connectivity index (χ3v) is 10.2. The summed E-state index contributed by atoms with van der Waals surface area (Å²) >= 11 is 0. The number of likely N-dealkylation sites (N-methyl/N-ethyl adjacent to an activating group) is 2. The van der Waals surface area contributed by atoms with Gasteiger partial charge in [-0.3, -0.25) is 8.97 Å². The molecule has 0 aromatic heterocycles. The number of carbonyl (C=O) groups is 2. The second-order valence-corrected chi connectivity index (χ2v) is 13.4. The lowest BCUT2D eigenvalue weighted by Gasteiger charge is -2.38. The lowest BCUT2D eigenvalue weighted by molar-refractivity contribution is -0.862. The normalized spacial score (nSPS) is 13.0. The van der Waals surface area contributed by atoms with E-state index in [1.54, 1.807) is 0 Å². The van der Waals surface area contributed by atoms with Crippen LogP contribution in [-0.4, -0.2) is 95.7 Å². The third-order valence-electron chi connectivity index (χ3n) is 10.2. The zero-order chi connectivity index (χ0) is 36.7. The summed E-state index contributed by atoms with van der Waals surface area (Å²) in [5, 5.41) is 22.3. The average Bonchev–Trinajstić information content (AvgIpc) is 3.16. The molecule has 0 fully saturated rings. The van der Waals surface area contributed by atoms with Crippen LogP contribution in [-0.2, 0) is 22.4 Å². The molecular weight excluding hydrogens is 640 g/mol. The van der Waals surface area contributed by atoms with Crippen molar-refractivity contribution >= 4 is 11.8 Å². The van der Waals surface area contributed by atoms with Gasteiger partial charge < -0.3 is 19.7 Å². The standard InChI is InChI=1S/C43H56N2O6/c1-5-44(6-2,30-38(46)32-50-40-25-17-15-23-36(40)27-34-19-11-9-12-20-34)42(48)29-43(49)45(7-3,8-4)31-39(47)33-51-41-26-18-16-24-37(41)28-35-21-13-10-14-22-35/h9-26,38-39,46-47H,5-8,27-33H2,1-4H3/q+2. The van der Waals surface area contributed by atoms with E-state index >= 15 is 0 Å². The Kier molecular flexibility index (Phi) is 14.9. The van der Waals surface area contributed by atoms with Crippen molar-refractivity contribution in [1.82, 2.24) is 0 Å². The van der Waals surface area contributed by atoms with Crippen molar-refractivity contribution in [3.05, 3.63) is 131 Å². The number of nitrogens with zero attached hydrogens (tertiary/aromatic N) is 2. The molecule has 0 radical (unpaired) electrons. The summed E-state index contributed by atoms with van der Waals surface area (Å²) < 4.78 is 12.1. The molecule has 8 heteroatoms. The van der Waals surface area contributed by atoms with Crippen LogP contribution in [0.4, 0.5) is 0 Å². The van der Waals surface area contributed by atoms with Gasteiger partial charge in [0.2, 0.25) is 0 Å². The largest absolute Gasteiger partial charge is 0.490 e. The van der Waals surface area contributed by atoms with Gasteiger partial charge in [0.15, 0.2) is 6.42 Å². The van der Waals surface area contributed by atoms with Crippen LogP contribution >= 0.6 is 0 Å². The summed E-state index contributed by atoms with van der Waals surface area (Å²) in [6, 6.07) is 35.8. The number of rotatable bonds is 20. The number of quaternary nitrogens is 2. The zero-order valence-electron chi connectivity index (χ0n) is 30.7. The van der Waals surface area contributed by atoms with E-state index < -0.39 is 12.2 Å². The number of benzene rings is 4. The predicted molar refractivity (Wildman–Crippen MR) is 201 cm³/mol. The molecule has 0 saturated heterocycles. The third kappa shape index (κ3) is 10.8. The van der Waals surface area contributed by atoms with Crippen molar-refractivity contribution in [3.8, 4) is 11.5 Å². The first-order chi connectivity index (χ1) is 24.7. The van der Waals surface area contributed by atoms with Gasteiger partial charge in [0.25, 0.3) is 0 Å². The highest BCUT2D eigenvalue weighted by Gasteiger charge is 2.43. The average molecular weight is 697 g/mol. The Morgan fingerprint density at radius 1 is 0.529 bits per heavy atom. The van der Waals surface area contributed by atoms with Crippen LogP contribution in [0.25, 0.3) is 0 Å². The Balaban J connectivity index is 1.36. The van der Waals surface area contributed by atoms with E-state index in [1.165, 1.54) is 0 Å². The molecular formula is C43H56N2O6+2. The molecule has 2 atom stereocenters. The van der Waals surface area contributed by atoms with E-state index in [2.05, 4.69) is 24.3 Å². The molecule has 4 aromatic carbocycles. The summed E-state index contributed by atoms with van der Waals surface area (Å²) in [5.41, 5.74) is 4.35. The van der Waals surface area contributed by atoms with Crippen LogP contribution in [0, 0.1) is 0 Å². The maximum atomic E-state index is 14.0. The highest BCUT2D eigenvalue weighted by molar-refractivity contribution is 5.90. The van der Waals surface area contributed by atoms with Gasteiger partial charge in [-0.1, -0.05) is 97.1 Å². The van der Waals surface area contributed by atoms with Crippen molar-refractivity contribution in [3.63, 3.8) is 0 Å². The van der Waals surface area contributed by atoms with Gasteiger partial charge in [-0.15, -0.1) is 0 Å². The number of amides is 2. The monoisotopic (exact) mass is 696 g/mol. The molecule has 8 nitrogen and oxygen atoms in total. The number of aliphatic hydroxyl groups excluding tert-OH is 2. The molecule has 0 aliphatic heterocycles. The van der Waals surface area contributed by atoms with Crippen molar-refractivity contribution in [2.45, 2.75) is 59.2 Å². The van der Waals surface area contributed by atoms with E-state index in [-0.39, 0.29) is 53.5 Å². The molecule has 4 rings (SSSR count). The number of hydrogen-bond acceptors (Lipinski definition) is 6. The highest BCUT2D eigenvalue weighted by Crippen LogP contribution is 2.24. The van der Waals surface area contributed by atoms with Crippen molar-refractivity contribution in [2.24, 2.45) is 0 Å². The van der Waals surface area contributed by atoms with Crippen LogP contribution < -0.4 is 9.47 Å². The topological polar surface area (TPSA) is 93.1 Å². The van der Waals surface area contributed by atoms with E-state index in [0.29, 0.717) is 50.5 Å². The van der Waals surface area contributed by atoms with Crippen LogP contribution in [0.3, 0.4) is 0 Å². The maximum Gasteiger partial charge on any atom is 0.327 e. The Bertz CT molecular complexity index is 1530. The van der Waals surface area contributed by atoms with Crippen molar-refractivity contribution in [2.75, 3.05) is 52.5 Å². The second-order valence-electron chi connectivity index (χ2n) is 13.4. The summed E-state index contributed by atoms with van der Waals surface area (Å²) in [6.07, 6.45) is -0.725. The van der Waals surface area contributed by atoms with Gasteiger partial charge >= 0.3 is 11.8 Å². The maximum absolute atomic E-state index is 14.0. The van der Waals surface area contributed by atoms with Gasteiger partial charge in [0.1, 0.15) is 50.0 Å². The molecule has 2 amide bonds. The molecule has 2 unspecified atom stereocenters. The Labute approximate surface area is 304 Å². The van der Waals surface area contributed by atoms with E-state index in [4.69, 9.17) is 9.47 Å². The molecule has 0 saturated carbocycles. The van der Waals surface area contributed by atoms with Gasteiger partial charge in [-0.2, -0.15) is 0 Å². The predicted octanol–water partition coefficient (Wildman–Crippen LogP) is 6.20. The molecule has 2 N–H and O–H groups in total. The van der Waals surface area contributed by atoms with Crippen molar-refractivity contribution < 1.29 is 38.2 Å². The first-order valence-corrected chi connectivity index (χ1v) is 18.3. The fraction of sp³-hybridized carbons (Fsp3) is 0.395. The smallest absolute Gasteiger partial charge is 0.327 e. The van der Waals surface area contributed by atoms with Crippen LogP contribution in [0.5, 0.6) is 11.5 Å². The summed E-state index contributed by atoms with van der Waals surface area (Å²) in [6.45, 7) is 9.69. The van der Waals surface area contributed by atoms with Gasteiger partial charge in [-0.05, 0) is 62.1 Å². The van der Waals surface area contributed by atoms with E-state index in [1.807, 2.05) is 113 Å². The molecule has 0 aliphatic carbocycles. The number of hydrogen-bond donors (Lipinski definition) is 2. The highest BCUT2D eigenvalue weighted by atomic mass is 16.5. The summed E-state index contributed by atoms with van der Waals surface area (Å²) in [7, 11) is 0. The van der Waals surface area contributed by atoms with Crippen LogP contribution in [0.1, 0.15) is 56.4 Å². The molecule has 0 heterocycles. The second kappa shape index (κ2) is 19.3. The fourth-order valence-electron chi connectivity index (χ4n) is 6.83. The zero-order valence-corrected chi connectivity index (χ0v) is 30.7. The SMILES string of the molecule is CC[N+](CC)(CC(O)COc1ccccc1Cc1ccccc1)C(=O)CC(=O)[N+](CC)(CC)CC(O)COc1ccccc1Cc1ccccc1. The first-order valence-electron chi connectivity index (χ1n) is 18.3. The summed E-state index contributed by atoms with van der Waals surface area (Å²) in [5.74, 6) is 0.920. The number of para-hydroxylation sites is 2. The number of carbonyl (C=O) groups excluding carboxylic acids is 2. The van der Waals surface area contributed by atoms with Crippen molar-refractivity contribution in [1.29, 1.82) is 0 Å². The van der Waals surface area contributed by atoms with Gasteiger partial charge in [-0.25, -0.2) is 9.59 Å². The minimum Gasteiger partial charge on any atom is -0.490 e. The molecule has 0 bridgehead atoms. The fourth-order valence-corrected chi connectivity index (χ4v) is 6.83. The minimum atomic E-state index is -0.922. The van der Waals surface area contributed by atoms with E-state index in [0.717, 1.165) is 22.3 Å². The minimum absolute atomic E-state index is 0.0254. The molecule has 0 aliphatic rings. The number of ether oxygens (including phenoxy) is 2. The van der Waals surface area contributed by atoms with Crippen LogP contribution in [0.15, 0.2) is 109 Å². The molecule has 272 valence electrons. The lowest BCUT2D eigenvalue weighted by atomic mass is 10.0. The molecule has 51 heavy (non-hydrogen) atoms. The van der Waals surface area contributed by atoms with E-state index in [9.17, 15) is 19.8 Å².